The normalized spacial score (nSPS) is 13.1. The number of nitrogens with one attached hydrogen (secondary N) is 2. The Balaban J connectivity index is 1.54. The van der Waals surface area contributed by atoms with Crippen molar-refractivity contribution in [2.45, 2.75) is 12.5 Å². The van der Waals surface area contributed by atoms with Crippen LogP contribution in [0.5, 0.6) is 11.5 Å². The van der Waals surface area contributed by atoms with Crippen LogP contribution in [0.15, 0.2) is 48.5 Å². The molecule has 2 aromatic rings. The average molecular weight is 399 g/mol. The van der Waals surface area contributed by atoms with Gasteiger partial charge in [-0.25, -0.2) is 9.59 Å². The number of primary amides is 1. The van der Waals surface area contributed by atoms with E-state index in [9.17, 15) is 14.4 Å². The molecule has 3 amide bonds. The second-order valence-electron chi connectivity index (χ2n) is 6.27. The fourth-order valence-corrected chi connectivity index (χ4v) is 2.77. The average Bonchev–Trinajstić information content (AvgIpc) is 2.72. The zero-order chi connectivity index (χ0) is 20.6. The minimum atomic E-state index is -1.00. The fourth-order valence-electron chi connectivity index (χ4n) is 2.77. The molecule has 3 rings (SSSR count). The SMILES string of the molecule is NC(=O)N[C@@H](Cc1ccccc1)C(=O)OCC(=O)Nc1ccc2c(c1)OCCO2. The largest absolute Gasteiger partial charge is 0.486 e. The number of benzene rings is 2. The summed E-state index contributed by atoms with van der Waals surface area (Å²) in [6, 6.07) is 12.2. The maximum atomic E-state index is 12.3. The first-order valence-electron chi connectivity index (χ1n) is 8.97. The molecule has 1 atom stereocenters. The summed E-state index contributed by atoms with van der Waals surface area (Å²) < 4.78 is 15.9. The number of anilines is 1. The van der Waals surface area contributed by atoms with E-state index in [0.717, 1.165) is 5.56 Å². The molecule has 152 valence electrons. The number of hydrogen-bond donors (Lipinski definition) is 3. The molecule has 0 aromatic heterocycles. The lowest BCUT2D eigenvalue weighted by molar-refractivity contribution is -0.149. The van der Waals surface area contributed by atoms with Crippen molar-refractivity contribution >= 4 is 23.6 Å². The molecule has 0 saturated heterocycles. The highest BCUT2D eigenvalue weighted by Gasteiger charge is 2.23. The van der Waals surface area contributed by atoms with Gasteiger partial charge >= 0.3 is 12.0 Å². The zero-order valence-corrected chi connectivity index (χ0v) is 15.6. The Morgan fingerprint density at radius 2 is 1.76 bits per heavy atom. The minimum Gasteiger partial charge on any atom is -0.486 e. The molecule has 1 aliphatic heterocycles. The molecular formula is C20H21N3O6. The molecule has 4 N–H and O–H groups in total. The Morgan fingerprint density at radius 1 is 1.03 bits per heavy atom. The Kier molecular flexibility index (Phi) is 6.51. The van der Waals surface area contributed by atoms with Gasteiger partial charge in [0.1, 0.15) is 19.3 Å². The summed E-state index contributed by atoms with van der Waals surface area (Å²) in [7, 11) is 0. The van der Waals surface area contributed by atoms with Crippen molar-refractivity contribution in [3.8, 4) is 11.5 Å². The first kappa shape index (κ1) is 20.0. The van der Waals surface area contributed by atoms with Crippen molar-refractivity contribution in [1.82, 2.24) is 5.32 Å². The van der Waals surface area contributed by atoms with Gasteiger partial charge in [-0.05, 0) is 17.7 Å². The standard InChI is InChI=1S/C20H21N3O6/c21-20(26)23-15(10-13-4-2-1-3-5-13)19(25)29-12-18(24)22-14-6-7-16-17(11-14)28-9-8-27-16/h1-7,11,15H,8-10,12H2,(H,22,24)(H3,21,23,26)/t15-/m0/s1. The number of nitrogens with two attached hydrogens (primary N) is 1. The molecule has 2 aromatic carbocycles. The molecule has 29 heavy (non-hydrogen) atoms. The van der Waals surface area contributed by atoms with Gasteiger partial charge in [-0.3, -0.25) is 4.79 Å². The van der Waals surface area contributed by atoms with Crippen molar-refractivity contribution in [2.24, 2.45) is 5.73 Å². The Bertz CT molecular complexity index is 887. The van der Waals surface area contributed by atoms with Crippen molar-refractivity contribution in [3.63, 3.8) is 0 Å². The fraction of sp³-hybridized carbons (Fsp3) is 0.250. The van der Waals surface area contributed by atoms with Crippen LogP contribution in [0, 0.1) is 0 Å². The smallest absolute Gasteiger partial charge is 0.329 e. The first-order valence-corrected chi connectivity index (χ1v) is 8.97. The van der Waals surface area contributed by atoms with Crippen molar-refractivity contribution in [1.29, 1.82) is 0 Å². The maximum Gasteiger partial charge on any atom is 0.329 e. The van der Waals surface area contributed by atoms with E-state index in [1.807, 2.05) is 18.2 Å². The number of carbonyl (C=O) groups is 3. The van der Waals surface area contributed by atoms with E-state index in [1.54, 1.807) is 30.3 Å². The lowest BCUT2D eigenvalue weighted by atomic mass is 10.1. The van der Waals surface area contributed by atoms with Gasteiger partial charge in [0.25, 0.3) is 5.91 Å². The number of ether oxygens (including phenoxy) is 3. The van der Waals surface area contributed by atoms with Crippen molar-refractivity contribution in [3.05, 3.63) is 54.1 Å². The predicted molar refractivity (Wildman–Crippen MR) is 104 cm³/mol. The first-order chi connectivity index (χ1) is 14.0. The van der Waals surface area contributed by atoms with Crippen LogP contribution < -0.4 is 25.8 Å². The summed E-state index contributed by atoms with van der Waals surface area (Å²) in [5.41, 5.74) is 6.43. The van der Waals surface area contributed by atoms with Gasteiger partial charge in [0.05, 0.1) is 0 Å². The summed E-state index contributed by atoms with van der Waals surface area (Å²) in [5.74, 6) is -0.167. The van der Waals surface area contributed by atoms with E-state index in [4.69, 9.17) is 19.9 Å². The summed E-state index contributed by atoms with van der Waals surface area (Å²) in [5, 5.41) is 4.95. The molecule has 0 saturated carbocycles. The van der Waals surface area contributed by atoms with Crippen molar-refractivity contribution in [2.75, 3.05) is 25.1 Å². The molecule has 9 nitrogen and oxygen atoms in total. The third-order valence-corrected chi connectivity index (χ3v) is 4.06. The van der Waals surface area contributed by atoms with Crippen LogP contribution in [0.2, 0.25) is 0 Å². The van der Waals surface area contributed by atoms with Crippen LogP contribution >= 0.6 is 0 Å². The van der Waals surface area contributed by atoms with Crippen LogP contribution in [0.4, 0.5) is 10.5 Å². The molecule has 0 spiro atoms. The van der Waals surface area contributed by atoms with E-state index in [0.29, 0.717) is 30.4 Å². The summed E-state index contributed by atoms with van der Waals surface area (Å²) in [6.45, 7) is 0.384. The monoisotopic (exact) mass is 399 g/mol. The van der Waals surface area contributed by atoms with E-state index in [2.05, 4.69) is 10.6 Å². The summed E-state index contributed by atoms with van der Waals surface area (Å²) in [6.07, 6.45) is 0.187. The number of rotatable bonds is 7. The highest BCUT2D eigenvalue weighted by atomic mass is 16.6. The van der Waals surface area contributed by atoms with Gasteiger partial charge in [-0.15, -0.1) is 0 Å². The molecule has 1 heterocycles. The molecule has 9 heteroatoms. The summed E-state index contributed by atoms with van der Waals surface area (Å²) >= 11 is 0. The highest BCUT2D eigenvalue weighted by molar-refractivity contribution is 5.93. The van der Waals surface area contributed by atoms with Crippen LogP contribution in [-0.2, 0) is 20.7 Å². The van der Waals surface area contributed by atoms with E-state index in [-0.39, 0.29) is 6.42 Å². The molecule has 0 bridgehead atoms. The molecule has 0 radical (unpaired) electrons. The van der Waals surface area contributed by atoms with Crippen LogP contribution in [0.25, 0.3) is 0 Å². The Labute approximate surface area is 167 Å². The molecule has 0 aliphatic carbocycles. The third-order valence-electron chi connectivity index (χ3n) is 4.06. The molecular weight excluding hydrogens is 378 g/mol. The Morgan fingerprint density at radius 3 is 2.48 bits per heavy atom. The third kappa shape index (κ3) is 5.86. The molecule has 0 unspecified atom stereocenters. The molecule has 0 fully saturated rings. The van der Waals surface area contributed by atoms with Crippen LogP contribution in [0.1, 0.15) is 5.56 Å². The van der Waals surface area contributed by atoms with Gasteiger partial charge in [0.15, 0.2) is 18.1 Å². The van der Waals surface area contributed by atoms with Gasteiger partial charge in [-0.1, -0.05) is 30.3 Å². The van der Waals surface area contributed by atoms with Gasteiger partial charge in [-0.2, -0.15) is 0 Å². The number of esters is 1. The van der Waals surface area contributed by atoms with Gasteiger partial charge in [0, 0.05) is 18.2 Å². The highest BCUT2D eigenvalue weighted by Crippen LogP contribution is 2.32. The van der Waals surface area contributed by atoms with Crippen LogP contribution in [-0.4, -0.2) is 43.8 Å². The van der Waals surface area contributed by atoms with Crippen molar-refractivity contribution < 1.29 is 28.6 Å². The lowest BCUT2D eigenvalue weighted by Crippen LogP contribution is -2.46. The predicted octanol–water partition coefficient (Wildman–Crippen LogP) is 1.22. The minimum absolute atomic E-state index is 0.187. The zero-order valence-electron chi connectivity index (χ0n) is 15.6. The maximum absolute atomic E-state index is 12.3. The number of urea groups is 1. The van der Waals surface area contributed by atoms with Gasteiger partial charge < -0.3 is 30.6 Å². The van der Waals surface area contributed by atoms with Crippen LogP contribution in [0.3, 0.4) is 0 Å². The quantitative estimate of drug-likeness (QED) is 0.601. The van der Waals surface area contributed by atoms with E-state index < -0.39 is 30.6 Å². The number of hydrogen-bond acceptors (Lipinski definition) is 6. The van der Waals surface area contributed by atoms with Gasteiger partial charge in [0.2, 0.25) is 0 Å². The van der Waals surface area contributed by atoms with E-state index >= 15 is 0 Å². The molecule has 1 aliphatic rings. The lowest BCUT2D eigenvalue weighted by Gasteiger charge is -2.19. The van der Waals surface area contributed by atoms with E-state index in [1.165, 1.54) is 0 Å². The number of amides is 3. The number of carbonyl (C=O) groups excluding carboxylic acids is 3. The second-order valence-corrected chi connectivity index (χ2v) is 6.27. The Hall–Kier alpha value is -3.75. The second kappa shape index (κ2) is 9.45. The summed E-state index contributed by atoms with van der Waals surface area (Å²) in [4.78, 5) is 35.6. The number of fused-ring (bicyclic) bond motifs is 1. The topological polar surface area (TPSA) is 129 Å².